The van der Waals surface area contributed by atoms with E-state index in [1.165, 1.54) is 44.6 Å². The fraction of sp³-hybridized carbons (Fsp3) is 0. The Hall–Kier alpha value is -4.04. The van der Waals surface area contributed by atoms with Crippen LogP contribution in [0.5, 0.6) is 0 Å². The van der Waals surface area contributed by atoms with Gasteiger partial charge in [0, 0.05) is 16.9 Å². The van der Waals surface area contributed by atoms with Gasteiger partial charge in [-0.05, 0) is 40.4 Å². The minimum atomic E-state index is 0.0900. The van der Waals surface area contributed by atoms with Crippen molar-refractivity contribution in [2.24, 2.45) is 0 Å². The lowest BCUT2D eigenvalue weighted by Crippen LogP contribution is -2.57. The number of rotatable bonds is 3. The summed E-state index contributed by atoms with van der Waals surface area (Å²) in [4.78, 5) is 2.49. The molecule has 1 heterocycles. The van der Waals surface area contributed by atoms with Crippen LogP contribution in [-0.4, -0.2) is 6.85 Å². The summed E-state index contributed by atoms with van der Waals surface area (Å²) in [6.45, 7) is 0.0900. The summed E-state index contributed by atoms with van der Waals surface area (Å²) in [5, 5.41) is 0. The number of hydrogen-bond donors (Lipinski definition) is 0. The van der Waals surface area contributed by atoms with Crippen molar-refractivity contribution in [3.63, 3.8) is 0 Å². The highest BCUT2D eigenvalue weighted by Gasteiger charge is 2.36. The first-order chi connectivity index (χ1) is 15.9. The Morgan fingerprint density at radius 3 is 1.91 bits per heavy atom. The maximum Gasteiger partial charge on any atom is 0.328 e. The first-order valence-corrected chi connectivity index (χ1v) is 11.1. The summed E-state index contributed by atoms with van der Waals surface area (Å²) in [5.74, 6) is 0. The van der Waals surface area contributed by atoms with Gasteiger partial charge < -0.3 is 4.81 Å². The SMILES string of the molecule is c1ccc(-c2cccc(B3c4ccccc4-c4ccccc4N3c3ccccc3)c2)cc1. The molecule has 0 bridgehead atoms. The zero-order valence-corrected chi connectivity index (χ0v) is 17.7. The van der Waals surface area contributed by atoms with Crippen molar-refractivity contribution in [2.75, 3.05) is 4.81 Å². The molecule has 0 aromatic heterocycles. The standard InChI is InChI=1S/C30H22BN/c1-3-12-23(13-4-1)24-14-11-15-25(22-24)31-29-20-9-7-18-27(29)28-19-8-10-21-30(28)32(31)26-16-5-2-6-17-26/h1-22H. The molecule has 0 atom stereocenters. The second kappa shape index (κ2) is 7.90. The molecule has 0 unspecified atom stereocenters. The summed E-state index contributed by atoms with van der Waals surface area (Å²) >= 11 is 0. The Bertz CT molecular complexity index is 1380. The van der Waals surface area contributed by atoms with Crippen molar-refractivity contribution in [1.82, 2.24) is 0 Å². The van der Waals surface area contributed by atoms with Gasteiger partial charge in [0.05, 0.1) is 0 Å². The first kappa shape index (κ1) is 18.7. The van der Waals surface area contributed by atoms with E-state index >= 15 is 0 Å². The molecule has 0 amide bonds. The minimum Gasteiger partial charge on any atom is -0.376 e. The predicted octanol–water partition coefficient (Wildman–Crippen LogP) is 6.28. The summed E-state index contributed by atoms with van der Waals surface area (Å²) in [7, 11) is 0. The highest BCUT2D eigenvalue weighted by atomic mass is 15.1. The van der Waals surface area contributed by atoms with Crippen LogP contribution < -0.4 is 15.7 Å². The molecule has 2 heteroatoms. The molecule has 0 saturated carbocycles. The number of anilines is 2. The number of benzene rings is 5. The second-order valence-corrected chi connectivity index (χ2v) is 8.20. The van der Waals surface area contributed by atoms with Crippen molar-refractivity contribution < 1.29 is 0 Å². The lowest BCUT2D eigenvalue weighted by molar-refractivity contribution is 1.36. The smallest absolute Gasteiger partial charge is 0.328 e. The molecule has 5 aromatic carbocycles. The molecule has 150 valence electrons. The van der Waals surface area contributed by atoms with E-state index in [9.17, 15) is 0 Å². The topological polar surface area (TPSA) is 3.24 Å². The van der Waals surface area contributed by atoms with Gasteiger partial charge in [-0.3, -0.25) is 0 Å². The van der Waals surface area contributed by atoms with Crippen LogP contribution in [0.1, 0.15) is 0 Å². The van der Waals surface area contributed by atoms with Gasteiger partial charge in [-0.25, -0.2) is 0 Å². The summed E-state index contributed by atoms with van der Waals surface area (Å²) in [5.41, 5.74) is 10.1. The monoisotopic (exact) mass is 407 g/mol. The Balaban J connectivity index is 1.60. The third kappa shape index (κ3) is 3.12. The molecule has 5 aromatic rings. The van der Waals surface area contributed by atoms with Crippen LogP contribution in [-0.2, 0) is 0 Å². The maximum absolute atomic E-state index is 2.49. The van der Waals surface area contributed by atoms with Gasteiger partial charge in [0.15, 0.2) is 0 Å². The fourth-order valence-corrected chi connectivity index (χ4v) is 4.89. The molecule has 0 spiro atoms. The fourth-order valence-electron chi connectivity index (χ4n) is 4.89. The van der Waals surface area contributed by atoms with E-state index in [0.29, 0.717) is 0 Å². The summed E-state index contributed by atoms with van der Waals surface area (Å²) in [6.07, 6.45) is 0. The van der Waals surface area contributed by atoms with E-state index < -0.39 is 0 Å². The second-order valence-electron chi connectivity index (χ2n) is 8.20. The van der Waals surface area contributed by atoms with Crippen LogP contribution in [0.25, 0.3) is 22.3 Å². The third-order valence-electron chi connectivity index (χ3n) is 6.31. The molecule has 0 fully saturated rings. The van der Waals surface area contributed by atoms with Gasteiger partial charge in [0.25, 0.3) is 0 Å². The van der Waals surface area contributed by atoms with Gasteiger partial charge >= 0.3 is 6.85 Å². The normalized spacial score (nSPS) is 12.2. The molecule has 32 heavy (non-hydrogen) atoms. The first-order valence-electron chi connectivity index (χ1n) is 11.1. The average molecular weight is 407 g/mol. The molecule has 1 aliphatic heterocycles. The quantitative estimate of drug-likeness (QED) is 0.318. The highest BCUT2D eigenvalue weighted by molar-refractivity contribution is 6.90. The summed E-state index contributed by atoms with van der Waals surface area (Å²) < 4.78 is 0. The summed E-state index contributed by atoms with van der Waals surface area (Å²) in [6, 6.07) is 48.0. The lowest BCUT2D eigenvalue weighted by atomic mass is 9.45. The van der Waals surface area contributed by atoms with E-state index in [2.05, 4.69) is 138 Å². The zero-order chi connectivity index (χ0) is 21.3. The van der Waals surface area contributed by atoms with Gasteiger partial charge in [-0.1, -0.05) is 121 Å². The number of nitrogens with zero attached hydrogens (tertiary/aromatic N) is 1. The maximum atomic E-state index is 2.49. The highest BCUT2D eigenvalue weighted by Crippen LogP contribution is 2.39. The van der Waals surface area contributed by atoms with Gasteiger partial charge in [0.1, 0.15) is 0 Å². The zero-order valence-electron chi connectivity index (χ0n) is 17.7. The average Bonchev–Trinajstić information content (AvgIpc) is 2.89. The third-order valence-corrected chi connectivity index (χ3v) is 6.31. The van der Waals surface area contributed by atoms with Gasteiger partial charge in [-0.2, -0.15) is 0 Å². The van der Waals surface area contributed by atoms with Crippen LogP contribution in [0, 0.1) is 0 Å². The van der Waals surface area contributed by atoms with Crippen LogP contribution in [0.15, 0.2) is 133 Å². The van der Waals surface area contributed by atoms with E-state index in [0.717, 1.165) is 0 Å². The van der Waals surface area contributed by atoms with Crippen LogP contribution in [0.2, 0.25) is 0 Å². The van der Waals surface area contributed by atoms with Crippen molar-refractivity contribution in [3.8, 4) is 22.3 Å². The molecule has 0 radical (unpaired) electrons. The van der Waals surface area contributed by atoms with Crippen molar-refractivity contribution in [1.29, 1.82) is 0 Å². The van der Waals surface area contributed by atoms with E-state index in [-0.39, 0.29) is 6.85 Å². The number of fused-ring (bicyclic) bond motifs is 3. The largest absolute Gasteiger partial charge is 0.376 e. The lowest BCUT2D eigenvalue weighted by Gasteiger charge is -2.39. The van der Waals surface area contributed by atoms with E-state index in [4.69, 9.17) is 0 Å². The van der Waals surface area contributed by atoms with Crippen molar-refractivity contribution in [3.05, 3.63) is 133 Å². The van der Waals surface area contributed by atoms with E-state index in [1.807, 2.05) is 0 Å². The van der Waals surface area contributed by atoms with Crippen molar-refractivity contribution >= 4 is 29.1 Å². The molecular formula is C30H22BN. The van der Waals surface area contributed by atoms with Gasteiger partial charge in [-0.15, -0.1) is 0 Å². The van der Waals surface area contributed by atoms with Gasteiger partial charge in [0.2, 0.25) is 0 Å². The Labute approximate surface area is 189 Å². The molecule has 6 rings (SSSR count). The number of hydrogen-bond acceptors (Lipinski definition) is 1. The minimum absolute atomic E-state index is 0.0900. The molecule has 1 aliphatic rings. The Morgan fingerprint density at radius 2 is 1.09 bits per heavy atom. The molecule has 0 aliphatic carbocycles. The molecule has 1 nitrogen and oxygen atoms in total. The van der Waals surface area contributed by atoms with Crippen molar-refractivity contribution in [2.45, 2.75) is 0 Å². The predicted molar refractivity (Wildman–Crippen MR) is 137 cm³/mol. The number of para-hydroxylation sites is 2. The Kier molecular flexibility index (Phi) is 4.62. The molecule has 0 N–H and O–H groups in total. The van der Waals surface area contributed by atoms with Crippen LogP contribution in [0.3, 0.4) is 0 Å². The molecule has 0 saturated heterocycles. The van der Waals surface area contributed by atoms with E-state index in [1.54, 1.807) is 0 Å². The van der Waals surface area contributed by atoms with Crippen LogP contribution >= 0.6 is 0 Å². The Morgan fingerprint density at radius 1 is 0.469 bits per heavy atom. The van der Waals surface area contributed by atoms with Crippen LogP contribution in [0.4, 0.5) is 11.4 Å². The molecular weight excluding hydrogens is 385 g/mol.